The lowest BCUT2D eigenvalue weighted by Gasteiger charge is -2.10. The number of nitrogens with two attached hydrogens (primary N) is 1. The van der Waals surface area contributed by atoms with Crippen molar-refractivity contribution in [2.24, 2.45) is 0 Å². The van der Waals surface area contributed by atoms with Crippen molar-refractivity contribution in [3.63, 3.8) is 0 Å². The van der Waals surface area contributed by atoms with Gasteiger partial charge in [-0.05, 0) is 19.9 Å². The summed E-state index contributed by atoms with van der Waals surface area (Å²) in [5, 5.41) is 2.70. The lowest BCUT2D eigenvalue weighted by Crippen LogP contribution is -2.34. The minimum atomic E-state index is -0.438. The predicted octanol–water partition coefficient (Wildman–Crippen LogP) is 1.47. The molecule has 0 aliphatic rings. The van der Waals surface area contributed by atoms with E-state index in [2.05, 4.69) is 31.1 Å². The van der Waals surface area contributed by atoms with Gasteiger partial charge in [0.25, 0.3) is 0 Å². The van der Waals surface area contributed by atoms with Gasteiger partial charge in [-0.25, -0.2) is 14.8 Å². The molecule has 5 N–H and O–H groups in total. The largest absolute Gasteiger partial charge is 0.368 e. The van der Waals surface area contributed by atoms with Crippen LogP contribution in [-0.4, -0.2) is 25.4 Å². The maximum absolute atomic E-state index is 11.9. The summed E-state index contributed by atoms with van der Waals surface area (Å²) in [6.07, 6.45) is 3.73. The van der Waals surface area contributed by atoms with Gasteiger partial charge in [0.1, 0.15) is 11.5 Å². The van der Waals surface area contributed by atoms with E-state index in [9.17, 15) is 4.79 Å². The highest BCUT2D eigenvalue weighted by Gasteiger charge is 2.05. The number of nitrogens with one attached hydrogen (secondary N) is 3. The Hall–Kier alpha value is -3.36. The van der Waals surface area contributed by atoms with Crippen molar-refractivity contribution >= 4 is 29.1 Å². The number of carbonyl (C=O) groups is 1. The van der Waals surface area contributed by atoms with Crippen molar-refractivity contribution in [1.82, 2.24) is 24.8 Å². The quantitative estimate of drug-likeness (QED) is 0.543. The van der Waals surface area contributed by atoms with Crippen molar-refractivity contribution in [2.45, 2.75) is 13.8 Å². The maximum atomic E-state index is 11.9. The first-order valence-electron chi connectivity index (χ1n) is 6.89. The number of aryl methyl sites for hydroxylation is 2. The van der Waals surface area contributed by atoms with Gasteiger partial charge in [-0.2, -0.15) is 4.98 Å². The van der Waals surface area contributed by atoms with E-state index in [1.165, 1.54) is 0 Å². The first kappa shape index (κ1) is 14.6. The Labute approximate surface area is 131 Å². The molecule has 3 aromatic rings. The molecule has 0 aliphatic heterocycles. The molecule has 0 saturated carbocycles. The number of nitrogens with zero attached hydrogens (tertiary/aromatic N) is 4. The fourth-order valence-corrected chi connectivity index (χ4v) is 2.13. The molecule has 3 heterocycles. The number of imidazole rings is 1. The molecule has 2 amide bonds. The lowest BCUT2D eigenvalue weighted by atomic mass is 10.4. The molecule has 23 heavy (non-hydrogen) atoms. The fourth-order valence-electron chi connectivity index (χ4n) is 2.13. The van der Waals surface area contributed by atoms with Gasteiger partial charge in [0.2, 0.25) is 5.95 Å². The minimum absolute atomic E-state index is 0.134. The van der Waals surface area contributed by atoms with E-state index >= 15 is 0 Å². The molecule has 118 valence electrons. The molecule has 9 nitrogen and oxygen atoms in total. The Balaban J connectivity index is 1.63. The number of urea groups is 1. The maximum Gasteiger partial charge on any atom is 0.337 e. The molecule has 0 fully saturated rings. The van der Waals surface area contributed by atoms with Gasteiger partial charge < -0.3 is 15.5 Å². The third-order valence-corrected chi connectivity index (χ3v) is 3.01. The molecule has 3 rings (SSSR count). The van der Waals surface area contributed by atoms with Crippen LogP contribution in [0.2, 0.25) is 0 Å². The summed E-state index contributed by atoms with van der Waals surface area (Å²) in [4.78, 5) is 24.2. The molecular formula is C14H16N8O. The second kappa shape index (κ2) is 5.79. The number of anilines is 3. The molecular weight excluding hydrogens is 296 g/mol. The van der Waals surface area contributed by atoms with Crippen molar-refractivity contribution in [3.05, 3.63) is 42.0 Å². The molecule has 0 aromatic carbocycles. The summed E-state index contributed by atoms with van der Waals surface area (Å²) in [7, 11) is 0. The Kier molecular flexibility index (Phi) is 3.67. The number of nitrogen functional groups attached to an aromatic ring is 1. The van der Waals surface area contributed by atoms with Crippen LogP contribution in [0.3, 0.4) is 0 Å². The Morgan fingerprint density at radius 2 is 2.00 bits per heavy atom. The zero-order chi connectivity index (χ0) is 16.4. The van der Waals surface area contributed by atoms with Crippen molar-refractivity contribution in [3.8, 4) is 0 Å². The van der Waals surface area contributed by atoms with Gasteiger partial charge in [0.05, 0.1) is 5.69 Å². The molecule has 0 spiro atoms. The molecule has 0 aliphatic carbocycles. The predicted molar refractivity (Wildman–Crippen MR) is 86.9 cm³/mol. The third-order valence-electron chi connectivity index (χ3n) is 3.01. The van der Waals surface area contributed by atoms with Crippen molar-refractivity contribution in [2.75, 3.05) is 16.5 Å². The van der Waals surface area contributed by atoms with Crippen LogP contribution in [-0.2, 0) is 0 Å². The first-order chi connectivity index (χ1) is 11.0. The number of fused-ring (bicyclic) bond motifs is 1. The summed E-state index contributed by atoms with van der Waals surface area (Å²) in [5.41, 5.74) is 13.7. The number of pyridine rings is 1. The van der Waals surface area contributed by atoms with Crippen molar-refractivity contribution < 1.29 is 4.79 Å². The van der Waals surface area contributed by atoms with E-state index in [1.54, 1.807) is 25.1 Å². The summed E-state index contributed by atoms with van der Waals surface area (Å²) < 4.78 is 1.88. The van der Waals surface area contributed by atoms with Crippen molar-refractivity contribution in [1.29, 1.82) is 0 Å². The zero-order valence-electron chi connectivity index (χ0n) is 12.7. The van der Waals surface area contributed by atoms with Crippen LogP contribution in [0.25, 0.3) is 5.65 Å². The number of hydrazine groups is 1. The monoisotopic (exact) mass is 312 g/mol. The smallest absolute Gasteiger partial charge is 0.337 e. The third kappa shape index (κ3) is 3.46. The topological polar surface area (TPSA) is 122 Å². The Morgan fingerprint density at radius 1 is 1.17 bits per heavy atom. The molecule has 0 unspecified atom stereocenters. The van der Waals surface area contributed by atoms with Gasteiger partial charge in [-0.1, -0.05) is 0 Å². The van der Waals surface area contributed by atoms with Gasteiger partial charge in [0, 0.05) is 35.9 Å². The highest BCUT2D eigenvalue weighted by atomic mass is 16.2. The first-order valence-corrected chi connectivity index (χ1v) is 6.89. The van der Waals surface area contributed by atoms with Gasteiger partial charge in [0.15, 0.2) is 0 Å². The molecule has 9 heteroatoms. The second-order valence-corrected chi connectivity index (χ2v) is 5.02. The van der Waals surface area contributed by atoms with Crippen LogP contribution in [0.5, 0.6) is 0 Å². The molecule has 3 aromatic heterocycles. The average Bonchev–Trinajstić information content (AvgIpc) is 2.83. The lowest BCUT2D eigenvalue weighted by molar-refractivity contribution is 0.254. The normalized spacial score (nSPS) is 10.5. The van der Waals surface area contributed by atoms with Crippen LogP contribution in [0, 0.1) is 13.8 Å². The highest BCUT2D eigenvalue weighted by molar-refractivity contribution is 5.90. The van der Waals surface area contributed by atoms with Crippen LogP contribution >= 0.6 is 0 Å². The summed E-state index contributed by atoms with van der Waals surface area (Å²) >= 11 is 0. The van der Waals surface area contributed by atoms with Gasteiger partial charge in [-0.3, -0.25) is 10.9 Å². The fraction of sp³-hybridized carbons (Fsp3) is 0.143. The van der Waals surface area contributed by atoms with Crippen LogP contribution in [0.4, 0.5) is 22.2 Å². The van der Waals surface area contributed by atoms with E-state index in [0.717, 1.165) is 11.3 Å². The van der Waals surface area contributed by atoms with Gasteiger partial charge >= 0.3 is 6.03 Å². The van der Waals surface area contributed by atoms with Crippen LogP contribution in [0.1, 0.15) is 11.4 Å². The van der Waals surface area contributed by atoms with E-state index in [1.807, 2.05) is 23.7 Å². The molecule has 0 saturated heterocycles. The number of hydrogen-bond donors (Lipinski definition) is 4. The SMILES string of the molecule is Cc1cc(NNC(=O)Nc2ccn3cc(C)nc3c2)nc(N)n1. The van der Waals surface area contributed by atoms with Crippen LogP contribution in [0.15, 0.2) is 30.6 Å². The molecule has 0 bridgehead atoms. The van der Waals surface area contributed by atoms with E-state index in [-0.39, 0.29) is 5.95 Å². The second-order valence-electron chi connectivity index (χ2n) is 5.02. The Morgan fingerprint density at radius 3 is 2.78 bits per heavy atom. The van der Waals surface area contributed by atoms with E-state index in [4.69, 9.17) is 5.73 Å². The number of amides is 2. The molecule has 0 radical (unpaired) electrons. The zero-order valence-corrected chi connectivity index (χ0v) is 12.7. The summed E-state index contributed by atoms with van der Waals surface area (Å²) in [6, 6.07) is 4.78. The van der Waals surface area contributed by atoms with Gasteiger partial charge in [-0.15, -0.1) is 0 Å². The number of rotatable bonds is 3. The van der Waals surface area contributed by atoms with Crippen LogP contribution < -0.4 is 21.9 Å². The Bertz CT molecular complexity index is 852. The van der Waals surface area contributed by atoms with E-state index < -0.39 is 6.03 Å². The minimum Gasteiger partial charge on any atom is -0.368 e. The van der Waals surface area contributed by atoms with E-state index in [0.29, 0.717) is 17.2 Å². The number of carbonyl (C=O) groups excluding carboxylic acids is 1. The highest BCUT2D eigenvalue weighted by Crippen LogP contribution is 2.12. The average molecular weight is 312 g/mol. The summed E-state index contributed by atoms with van der Waals surface area (Å²) in [6.45, 7) is 3.69. The standard InChI is InChI=1S/C14H16N8O/c1-8-5-11(19-13(15)17-8)20-21-14(23)18-10-3-4-22-7-9(2)16-12(22)6-10/h3-7H,1-2H3,(H2,18,21,23)(H3,15,17,19,20). The summed E-state index contributed by atoms with van der Waals surface area (Å²) in [5.74, 6) is 0.541. The number of aromatic nitrogens is 4. The number of hydrogen-bond acceptors (Lipinski definition) is 6. The molecule has 0 atom stereocenters.